The molecule has 6 nitrogen and oxygen atoms in total. The highest BCUT2D eigenvalue weighted by Gasteiger charge is 2.30. The number of nitrogens with zero attached hydrogens (tertiary/aromatic N) is 1. The molecule has 0 bridgehead atoms. The molecule has 3 rings (SSSR count). The standard InChI is InChI=1S/C20H26N2O4S2/c1-4-15(2)16-10-12-17(13-11-16)28(25,26)22-14-6-7-18-19(21-27(3,23)24)8-5-9-20(18)22/h5,8-13,15,21H,4,6-7,14H2,1-3H3. The van der Waals surface area contributed by atoms with E-state index in [9.17, 15) is 16.8 Å². The fourth-order valence-corrected chi connectivity index (χ4v) is 5.59. The Labute approximate surface area is 167 Å². The maximum Gasteiger partial charge on any atom is 0.264 e. The number of fused-ring (bicyclic) bond motifs is 1. The van der Waals surface area contributed by atoms with E-state index in [4.69, 9.17) is 0 Å². The van der Waals surface area contributed by atoms with Crippen molar-refractivity contribution >= 4 is 31.4 Å². The number of benzene rings is 2. The van der Waals surface area contributed by atoms with Crippen molar-refractivity contribution in [3.63, 3.8) is 0 Å². The van der Waals surface area contributed by atoms with Gasteiger partial charge in [0.05, 0.1) is 22.5 Å². The molecule has 1 unspecified atom stereocenters. The SMILES string of the molecule is CCC(C)c1ccc(S(=O)(=O)N2CCCc3c(NS(C)(=O)=O)cccc32)cc1. The van der Waals surface area contributed by atoms with Crippen LogP contribution in [0.2, 0.25) is 0 Å². The second-order valence-electron chi connectivity index (χ2n) is 7.24. The summed E-state index contributed by atoms with van der Waals surface area (Å²) in [7, 11) is -7.18. The van der Waals surface area contributed by atoms with E-state index in [2.05, 4.69) is 18.6 Å². The monoisotopic (exact) mass is 422 g/mol. The molecule has 1 aliphatic rings. The lowest BCUT2D eigenvalue weighted by Crippen LogP contribution is -2.35. The van der Waals surface area contributed by atoms with Crippen molar-refractivity contribution in [3.05, 3.63) is 53.6 Å². The fraction of sp³-hybridized carbons (Fsp3) is 0.400. The molecule has 152 valence electrons. The third kappa shape index (κ3) is 4.17. The molecule has 8 heteroatoms. The summed E-state index contributed by atoms with van der Waals surface area (Å²) in [6.45, 7) is 4.58. The smallest absolute Gasteiger partial charge is 0.264 e. The minimum Gasteiger partial charge on any atom is -0.283 e. The van der Waals surface area contributed by atoms with E-state index in [1.807, 2.05) is 12.1 Å². The van der Waals surface area contributed by atoms with Gasteiger partial charge in [-0.3, -0.25) is 9.03 Å². The van der Waals surface area contributed by atoms with Crippen molar-refractivity contribution in [2.75, 3.05) is 21.8 Å². The number of sulfonamides is 2. The fourth-order valence-electron chi connectivity index (χ4n) is 3.47. The van der Waals surface area contributed by atoms with Crippen molar-refractivity contribution in [2.45, 2.75) is 43.9 Å². The number of nitrogens with one attached hydrogen (secondary N) is 1. The van der Waals surface area contributed by atoms with Crippen molar-refractivity contribution in [3.8, 4) is 0 Å². The van der Waals surface area contributed by atoms with Crippen LogP contribution in [0.4, 0.5) is 11.4 Å². The van der Waals surface area contributed by atoms with E-state index >= 15 is 0 Å². The van der Waals surface area contributed by atoms with Crippen LogP contribution in [-0.4, -0.2) is 29.6 Å². The van der Waals surface area contributed by atoms with Crippen LogP contribution in [0.3, 0.4) is 0 Å². The third-order valence-electron chi connectivity index (χ3n) is 5.15. The molecule has 0 amide bonds. The van der Waals surface area contributed by atoms with Gasteiger partial charge in [-0.25, -0.2) is 16.8 Å². The second kappa shape index (κ2) is 7.75. The van der Waals surface area contributed by atoms with Crippen LogP contribution in [0.15, 0.2) is 47.4 Å². The van der Waals surface area contributed by atoms with Gasteiger partial charge in [0.15, 0.2) is 0 Å². The van der Waals surface area contributed by atoms with E-state index in [0.29, 0.717) is 42.2 Å². The van der Waals surface area contributed by atoms with Crippen molar-refractivity contribution in [1.29, 1.82) is 0 Å². The lowest BCUT2D eigenvalue weighted by Gasteiger charge is -2.31. The quantitative estimate of drug-likeness (QED) is 0.769. The zero-order chi connectivity index (χ0) is 20.5. The van der Waals surface area contributed by atoms with Crippen LogP contribution in [0, 0.1) is 0 Å². The van der Waals surface area contributed by atoms with Crippen molar-refractivity contribution < 1.29 is 16.8 Å². The van der Waals surface area contributed by atoms with Crippen molar-refractivity contribution in [1.82, 2.24) is 0 Å². The summed E-state index contributed by atoms with van der Waals surface area (Å²) >= 11 is 0. The van der Waals surface area contributed by atoms with E-state index in [1.54, 1.807) is 30.3 Å². The van der Waals surface area contributed by atoms with Gasteiger partial charge in [-0.05, 0) is 55.0 Å². The zero-order valence-electron chi connectivity index (χ0n) is 16.3. The van der Waals surface area contributed by atoms with Gasteiger partial charge in [-0.1, -0.05) is 32.0 Å². The predicted octanol–water partition coefficient (Wildman–Crippen LogP) is 3.71. The van der Waals surface area contributed by atoms with Gasteiger partial charge in [-0.2, -0.15) is 0 Å². The molecule has 28 heavy (non-hydrogen) atoms. The minimum absolute atomic E-state index is 0.244. The van der Waals surface area contributed by atoms with E-state index in [-0.39, 0.29) is 4.90 Å². The number of anilines is 2. The minimum atomic E-state index is -3.73. The Hall–Kier alpha value is -2.06. The van der Waals surface area contributed by atoms with E-state index in [0.717, 1.165) is 18.2 Å². The molecular weight excluding hydrogens is 396 g/mol. The number of rotatable bonds is 6. The average Bonchev–Trinajstić information content (AvgIpc) is 2.66. The van der Waals surface area contributed by atoms with Crippen LogP contribution >= 0.6 is 0 Å². The van der Waals surface area contributed by atoms with Gasteiger partial charge in [0, 0.05) is 12.1 Å². The highest BCUT2D eigenvalue weighted by Crippen LogP contribution is 2.36. The Kier molecular flexibility index (Phi) is 5.72. The lowest BCUT2D eigenvalue weighted by molar-refractivity contribution is 0.586. The Morgan fingerprint density at radius 2 is 1.75 bits per heavy atom. The molecule has 0 aromatic heterocycles. The molecule has 1 heterocycles. The van der Waals surface area contributed by atoms with Gasteiger partial charge in [0.2, 0.25) is 10.0 Å². The first-order valence-electron chi connectivity index (χ1n) is 9.36. The Morgan fingerprint density at radius 1 is 1.07 bits per heavy atom. The van der Waals surface area contributed by atoms with Crippen molar-refractivity contribution in [2.24, 2.45) is 0 Å². The molecule has 0 saturated heterocycles. The summed E-state index contributed by atoms with van der Waals surface area (Å²) < 4.78 is 53.8. The second-order valence-corrected chi connectivity index (χ2v) is 10.8. The molecule has 0 saturated carbocycles. The first-order chi connectivity index (χ1) is 13.1. The highest BCUT2D eigenvalue weighted by atomic mass is 32.2. The maximum absolute atomic E-state index is 13.3. The van der Waals surface area contributed by atoms with Crippen LogP contribution in [0.5, 0.6) is 0 Å². The molecule has 1 atom stereocenters. The average molecular weight is 423 g/mol. The largest absolute Gasteiger partial charge is 0.283 e. The Balaban J connectivity index is 2.00. The first kappa shape index (κ1) is 20.7. The number of hydrogen-bond donors (Lipinski definition) is 1. The molecule has 2 aromatic rings. The number of hydrogen-bond acceptors (Lipinski definition) is 4. The van der Waals surface area contributed by atoms with Gasteiger partial charge in [0.1, 0.15) is 0 Å². The Morgan fingerprint density at radius 3 is 2.36 bits per heavy atom. The summed E-state index contributed by atoms with van der Waals surface area (Å²) in [4.78, 5) is 0.244. The lowest BCUT2D eigenvalue weighted by atomic mass is 9.99. The molecule has 0 aliphatic carbocycles. The summed E-state index contributed by atoms with van der Waals surface area (Å²) in [6, 6.07) is 12.1. The van der Waals surface area contributed by atoms with Gasteiger partial charge >= 0.3 is 0 Å². The summed E-state index contributed by atoms with van der Waals surface area (Å²) in [5, 5.41) is 0. The van der Waals surface area contributed by atoms with Crippen LogP contribution in [-0.2, 0) is 26.5 Å². The van der Waals surface area contributed by atoms with Gasteiger partial charge < -0.3 is 0 Å². The first-order valence-corrected chi connectivity index (χ1v) is 12.7. The third-order valence-corrected chi connectivity index (χ3v) is 7.57. The molecule has 0 fully saturated rings. The predicted molar refractivity (Wildman–Crippen MR) is 113 cm³/mol. The highest BCUT2D eigenvalue weighted by molar-refractivity contribution is 7.93. The van der Waals surface area contributed by atoms with Crippen LogP contribution in [0.25, 0.3) is 0 Å². The molecule has 0 radical (unpaired) electrons. The van der Waals surface area contributed by atoms with Gasteiger partial charge in [0.25, 0.3) is 10.0 Å². The van der Waals surface area contributed by atoms with E-state index < -0.39 is 20.0 Å². The summed E-state index contributed by atoms with van der Waals surface area (Å²) in [5.74, 6) is 0.372. The molecular formula is C20H26N2O4S2. The molecule has 2 aromatic carbocycles. The summed E-state index contributed by atoms with van der Waals surface area (Å²) in [5.41, 5.74) is 2.79. The maximum atomic E-state index is 13.3. The molecule has 1 aliphatic heterocycles. The van der Waals surface area contributed by atoms with Crippen LogP contribution < -0.4 is 9.03 Å². The van der Waals surface area contributed by atoms with Gasteiger partial charge in [-0.15, -0.1) is 0 Å². The summed E-state index contributed by atoms with van der Waals surface area (Å²) in [6.07, 6.45) is 3.32. The Bertz CT molecular complexity index is 1060. The molecule has 1 N–H and O–H groups in total. The zero-order valence-corrected chi connectivity index (χ0v) is 18.0. The molecule has 0 spiro atoms. The normalized spacial score (nSPS) is 15.8. The topological polar surface area (TPSA) is 83.6 Å². The van der Waals surface area contributed by atoms with Crippen LogP contribution in [0.1, 0.15) is 43.7 Å². The van der Waals surface area contributed by atoms with E-state index in [1.165, 1.54) is 4.31 Å².